The van der Waals surface area contributed by atoms with E-state index in [1.165, 1.54) is 6.26 Å². The van der Waals surface area contributed by atoms with E-state index < -0.39 is 9.84 Å². The Kier molecular flexibility index (Phi) is 5.55. The van der Waals surface area contributed by atoms with Crippen molar-refractivity contribution in [1.29, 1.82) is 0 Å². The summed E-state index contributed by atoms with van der Waals surface area (Å²) in [5, 5.41) is 3.24. The van der Waals surface area contributed by atoms with Crippen molar-refractivity contribution >= 4 is 15.7 Å². The Morgan fingerprint density at radius 1 is 1.44 bits per heavy atom. The van der Waals surface area contributed by atoms with Gasteiger partial charge in [-0.2, -0.15) is 0 Å². The highest BCUT2D eigenvalue weighted by Gasteiger charge is 2.07. The molecular weight excluding hydrogens is 250 g/mol. The zero-order chi connectivity index (χ0) is 13.6. The first kappa shape index (κ1) is 14.9. The van der Waals surface area contributed by atoms with Gasteiger partial charge in [-0.1, -0.05) is 6.92 Å². The van der Waals surface area contributed by atoms with Gasteiger partial charge in [0.15, 0.2) is 0 Å². The van der Waals surface area contributed by atoms with Gasteiger partial charge < -0.3 is 10.2 Å². The van der Waals surface area contributed by atoms with E-state index in [2.05, 4.69) is 17.2 Å². The molecule has 0 radical (unpaired) electrons. The zero-order valence-corrected chi connectivity index (χ0v) is 12.0. The third kappa shape index (κ3) is 5.46. The molecule has 0 aliphatic heterocycles. The molecule has 0 aliphatic carbocycles. The van der Waals surface area contributed by atoms with Crippen molar-refractivity contribution < 1.29 is 8.42 Å². The van der Waals surface area contributed by atoms with Gasteiger partial charge in [-0.3, -0.25) is 0 Å². The maximum Gasteiger partial charge on any atom is 0.149 e. The van der Waals surface area contributed by atoms with Crippen LogP contribution in [-0.4, -0.2) is 45.5 Å². The summed E-state index contributed by atoms with van der Waals surface area (Å²) in [6, 6.07) is 3.93. The zero-order valence-electron chi connectivity index (χ0n) is 11.2. The van der Waals surface area contributed by atoms with Crippen molar-refractivity contribution in [2.24, 2.45) is 0 Å². The summed E-state index contributed by atoms with van der Waals surface area (Å²) in [6.07, 6.45) is 2.99. The van der Waals surface area contributed by atoms with Crippen molar-refractivity contribution in [2.45, 2.75) is 13.5 Å². The molecule has 0 aliphatic rings. The first-order valence-electron chi connectivity index (χ1n) is 5.97. The van der Waals surface area contributed by atoms with E-state index >= 15 is 0 Å². The number of sulfone groups is 1. The molecule has 18 heavy (non-hydrogen) atoms. The maximum absolute atomic E-state index is 11.1. The molecule has 0 amide bonds. The topological polar surface area (TPSA) is 62.3 Å². The van der Waals surface area contributed by atoms with E-state index in [4.69, 9.17) is 0 Å². The quantitative estimate of drug-likeness (QED) is 0.790. The predicted molar refractivity (Wildman–Crippen MR) is 74.6 cm³/mol. The van der Waals surface area contributed by atoms with E-state index in [1.807, 2.05) is 24.1 Å². The Bertz CT molecular complexity index is 474. The van der Waals surface area contributed by atoms with Crippen LogP contribution in [0.25, 0.3) is 0 Å². The number of rotatable bonds is 7. The molecule has 102 valence electrons. The van der Waals surface area contributed by atoms with Crippen LogP contribution in [0.2, 0.25) is 0 Å². The Hall–Kier alpha value is -1.14. The minimum absolute atomic E-state index is 0.141. The third-order valence-corrected chi connectivity index (χ3v) is 3.50. The van der Waals surface area contributed by atoms with Crippen molar-refractivity contribution in [3.05, 3.63) is 23.9 Å². The molecule has 5 nitrogen and oxygen atoms in total. The second-order valence-corrected chi connectivity index (χ2v) is 6.61. The summed E-state index contributed by atoms with van der Waals surface area (Å²) in [7, 11) is -1.08. The predicted octanol–water partition coefficient (Wildman–Crippen LogP) is 0.672. The number of aromatic nitrogens is 1. The van der Waals surface area contributed by atoms with Gasteiger partial charge in [0.2, 0.25) is 0 Å². The minimum atomic E-state index is -2.93. The van der Waals surface area contributed by atoms with Gasteiger partial charge in [-0.05, 0) is 24.2 Å². The lowest BCUT2D eigenvalue weighted by Gasteiger charge is -2.18. The standard InChI is InChI=1S/C12H21N3O2S/c1-4-13-10-11-5-6-14-12(9-11)15(2)7-8-18(3,16)17/h5-6,9,13H,4,7-8,10H2,1-3H3. The van der Waals surface area contributed by atoms with E-state index in [-0.39, 0.29) is 5.75 Å². The van der Waals surface area contributed by atoms with Gasteiger partial charge in [0.1, 0.15) is 15.7 Å². The molecule has 0 aromatic carbocycles. The summed E-state index contributed by atoms with van der Waals surface area (Å²) >= 11 is 0. The molecule has 0 fully saturated rings. The van der Waals surface area contributed by atoms with Crippen molar-refractivity contribution in [3.8, 4) is 0 Å². The lowest BCUT2D eigenvalue weighted by molar-refractivity contribution is 0.601. The van der Waals surface area contributed by atoms with Crippen molar-refractivity contribution in [3.63, 3.8) is 0 Å². The van der Waals surface area contributed by atoms with Gasteiger partial charge >= 0.3 is 0 Å². The molecule has 0 saturated heterocycles. The summed E-state index contributed by atoms with van der Waals surface area (Å²) in [4.78, 5) is 6.11. The monoisotopic (exact) mass is 271 g/mol. The lowest BCUT2D eigenvalue weighted by atomic mass is 10.2. The molecular formula is C12H21N3O2S. The van der Waals surface area contributed by atoms with Crippen LogP contribution in [0.15, 0.2) is 18.3 Å². The molecule has 6 heteroatoms. The average molecular weight is 271 g/mol. The molecule has 1 aromatic rings. The number of hydrogen-bond acceptors (Lipinski definition) is 5. The van der Waals surface area contributed by atoms with Gasteiger partial charge in [0.25, 0.3) is 0 Å². The highest BCUT2D eigenvalue weighted by atomic mass is 32.2. The fraction of sp³-hybridized carbons (Fsp3) is 0.583. The minimum Gasteiger partial charge on any atom is -0.359 e. The first-order valence-corrected chi connectivity index (χ1v) is 8.03. The highest BCUT2D eigenvalue weighted by molar-refractivity contribution is 7.90. The first-order chi connectivity index (χ1) is 8.42. The van der Waals surface area contributed by atoms with Gasteiger partial charge in [-0.15, -0.1) is 0 Å². The third-order valence-electron chi connectivity index (χ3n) is 2.58. The summed E-state index contributed by atoms with van der Waals surface area (Å²) in [6.45, 7) is 4.23. The normalized spacial score (nSPS) is 11.5. The fourth-order valence-corrected chi connectivity index (χ4v) is 2.07. The van der Waals surface area contributed by atoms with Crippen LogP contribution < -0.4 is 10.2 Å². The molecule has 0 spiro atoms. The fourth-order valence-electron chi connectivity index (χ4n) is 1.47. The van der Waals surface area contributed by atoms with Gasteiger partial charge in [-0.25, -0.2) is 13.4 Å². The van der Waals surface area contributed by atoms with Crippen molar-refractivity contribution in [2.75, 3.05) is 37.0 Å². The Balaban J connectivity index is 2.64. The highest BCUT2D eigenvalue weighted by Crippen LogP contribution is 2.11. The van der Waals surface area contributed by atoms with Crippen LogP contribution in [0.4, 0.5) is 5.82 Å². The second kappa shape index (κ2) is 6.70. The Morgan fingerprint density at radius 2 is 2.17 bits per heavy atom. The summed E-state index contributed by atoms with van der Waals surface area (Å²) in [5.74, 6) is 0.942. The largest absolute Gasteiger partial charge is 0.359 e. The van der Waals surface area contributed by atoms with Crippen LogP contribution in [0.3, 0.4) is 0 Å². The smallest absolute Gasteiger partial charge is 0.149 e. The molecule has 0 bridgehead atoms. The van der Waals surface area contributed by atoms with E-state index in [0.717, 1.165) is 24.5 Å². The van der Waals surface area contributed by atoms with Crippen LogP contribution in [-0.2, 0) is 16.4 Å². The summed E-state index contributed by atoms with van der Waals surface area (Å²) in [5.41, 5.74) is 1.15. The molecule has 1 aromatic heterocycles. The van der Waals surface area contributed by atoms with E-state index in [9.17, 15) is 8.42 Å². The van der Waals surface area contributed by atoms with Crippen LogP contribution in [0, 0.1) is 0 Å². The maximum atomic E-state index is 11.1. The second-order valence-electron chi connectivity index (χ2n) is 4.35. The van der Waals surface area contributed by atoms with Crippen LogP contribution >= 0.6 is 0 Å². The molecule has 1 rings (SSSR count). The van der Waals surface area contributed by atoms with E-state index in [0.29, 0.717) is 6.54 Å². The number of anilines is 1. The van der Waals surface area contributed by atoms with Crippen LogP contribution in [0.5, 0.6) is 0 Å². The Morgan fingerprint density at radius 3 is 2.78 bits per heavy atom. The molecule has 0 saturated carbocycles. The molecule has 1 heterocycles. The number of pyridine rings is 1. The molecule has 0 unspecified atom stereocenters. The summed E-state index contributed by atoms with van der Waals surface area (Å²) < 4.78 is 22.2. The number of nitrogens with one attached hydrogen (secondary N) is 1. The molecule has 1 N–H and O–H groups in total. The van der Waals surface area contributed by atoms with Gasteiger partial charge in [0.05, 0.1) is 5.75 Å². The average Bonchev–Trinajstić information content (AvgIpc) is 2.33. The number of nitrogens with zero attached hydrogens (tertiary/aromatic N) is 2. The van der Waals surface area contributed by atoms with Crippen LogP contribution in [0.1, 0.15) is 12.5 Å². The lowest BCUT2D eigenvalue weighted by Crippen LogP contribution is -2.25. The number of hydrogen-bond donors (Lipinski definition) is 1. The molecule has 0 atom stereocenters. The van der Waals surface area contributed by atoms with Crippen molar-refractivity contribution in [1.82, 2.24) is 10.3 Å². The van der Waals surface area contributed by atoms with E-state index in [1.54, 1.807) is 6.20 Å². The SMILES string of the molecule is CCNCc1ccnc(N(C)CCS(C)(=O)=O)c1. The Labute approximate surface area is 109 Å². The van der Waals surface area contributed by atoms with Gasteiger partial charge in [0, 0.05) is 32.6 Å².